The van der Waals surface area contributed by atoms with Gasteiger partial charge in [-0.2, -0.15) is 0 Å². The summed E-state index contributed by atoms with van der Waals surface area (Å²) in [5.74, 6) is -0.445. The maximum Gasteiger partial charge on any atom is 0.243 e. The van der Waals surface area contributed by atoms with Gasteiger partial charge in [0.15, 0.2) is 0 Å². The number of amides is 1. The summed E-state index contributed by atoms with van der Waals surface area (Å²) in [6.45, 7) is 1.78. The number of nitrogens with one attached hydrogen (secondary N) is 1. The standard InChI is InChI=1S/C21H20Cl2N2O3S/c1-14(25(29(2,27)28)20-12-18(22)9-10-19(20)23)21(26)24-13-15-7-8-16-5-3-4-6-17(16)11-15/h3-12,14H,13H2,1-2H3,(H,24,26). The molecular formula is C21H20Cl2N2O3S. The molecule has 0 bridgehead atoms. The Bertz CT molecular complexity index is 1170. The van der Waals surface area contributed by atoms with Crippen molar-refractivity contribution < 1.29 is 13.2 Å². The van der Waals surface area contributed by atoms with Crippen molar-refractivity contribution in [1.82, 2.24) is 5.32 Å². The van der Waals surface area contributed by atoms with Crippen molar-refractivity contribution in [2.24, 2.45) is 0 Å². The second-order valence-corrected chi connectivity index (χ2v) is 9.43. The minimum absolute atomic E-state index is 0.162. The minimum atomic E-state index is -3.78. The lowest BCUT2D eigenvalue weighted by atomic mass is 10.1. The summed E-state index contributed by atoms with van der Waals surface area (Å²) < 4.78 is 25.8. The lowest BCUT2D eigenvalue weighted by Gasteiger charge is -2.29. The molecule has 1 N–H and O–H groups in total. The molecule has 152 valence electrons. The Labute approximate surface area is 180 Å². The van der Waals surface area contributed by atoms with Crippen LogP contribution in [0.4, 0.5) is 5.69 Å². The third-order valence-electron chi connectivity index (χ3n) is 4.51. The molecule has 0 fully saturated rings. The smallest absolute Gasteiger partial charge is 0.243 e. The Hall–Kier alpha value is -2.28. The van der Waals surface area contributed by atoms with Gasteiger partial charge in [0.1, 0.15) is 6.04 Å². The van der Waals surface area contributed by atoms with E-state index in [0.717, 1.165) is 26.9 Å². The van der Waals surface area contributed by atoms with Crippen molar-refractivity contribution in [2.45, 2.75) is 19.5 Å². The largest absolute Gasteiger partial charge is 0.350 e. The zero-order valence-corrected chi connectivity index (χ0v) is 18.2. The predicted octanol–water partition coefficient (Wildman–Crippen LogP) is 4.62. The fraction of sp³-hybridized carbons (Fsp3) is 0.190. The highest BCUT2D eigenvalue weighted by molar-refractivity contribution is 7.92. The number of nitrogens with zero attached hydrogens (tertiary/aromatic N) is 1. The van der Waals surface area contributed by atoms with Crippen molar-refractivity contribution in [3.05, 3.63) is 76.3 Å². The number of sulfonamides is 1. The number of benzene rings is 3. The van der Waals surface area contributed by atoms with Gasteiger partial charge < -0.3 is 5.32 Å². The molecule has 0 aromatic heterocycles. The van der Waals surface area contributed by atoms with E-state index in [4.69, 9.17) is 23.2 Å². The molecule has 0 aliphatic heterocycles. The number of hydrogen-bond donors (Lipinski definition) is 1. The number of fused-ring (bicyclic) bond motifs is 1. The van der Waals surface area contributed by atoms with Crippen LogP contribution in [0.15, 0.2) is 60.7 Å². The van der Waals surface area contributed by atoms with Crippen LogP contribution >= 0.6 is 23.2 Å². The second-order valence-electron chi connectivity index (χ2n) is 6.73. The number of carbonyl (C=O) groups excluding carboxylic acids is 1. The lowest BCUT2D eigenvalue weighted by Crippen LogP contribution is -2.47. The first-order valence-corrected chi connectivity index (χ1v) is 11.5. The first kappa shape index (κ1) is 21.4. The van der Waals surface area contributed by atoms with Crippen LogP contribution in [0.3, 0.4) is 0 Å². The molecule has 0 aliphatic carbocycles. The minimum Gasteiger partial charge on any atom is -0.350 e. The molecule has 0 aliphatic rings. The molecule has 1 amide bonds. The van der Waals surface area contributed by atoms with E-state index in [-0.39, 0.29) is 17.3 Å². The number of carbonyl (C=O) groups is 1. The van der Waals surface area contributed by atoms with Gasteiger partial charge in [-0.05, 0) is 47.5 Å². The second kappa shape index (κ2) is 8.61. The fourth-order valence-corrected chi connectivity index (χ4v) is 4.72. The highest BCUT2D eigenvalue weighted by Gasteiger charge is 2.30. The molecule has 0 saturated heterocycles. The third-order valence-corrected chi connectivity index (χ3v) is 6.30. The molecule has 0 heterocycles. The normalized spacial score (nSPS) is 12.6. The summed E-state index contributed by atoms with van der Waals surface area (Å²) in [6.07, 6.45) is 1.03. The first-order valence-electron chi connectivity index (χ1n) is 8.86. The third kappa shape index (κ3) is 5.01. The first-order chi connectivity index (χ1) is 13.7. The predicted molar refractivity (Wildman–Crippen MR) is 119 cm³/mol. The monoisotopic (exact) mass is 450 g/mol. The van der Waals surface area contributed by atoms with E-state index in [0.29, 0.717) is 5.02 Å². The van der Waals surface area contributed by atoms with Crippen molar-refractivity contribution in [3.8, 4) is 0 Å². The van der Waals surface area contributed by atoms with Gasteiger partial charge in [-0.3, -0.25) is 9.10 Å². The van der Waals surface area contributed by atoms with Crippen molar-refractivity contribution >= 4 is 55.6 Å². The van der Waals surface area contributed by atoms with Gasteiger partial charge >= 0.3 is 0 Å². The van der Waals surface area contributed by atoms with E-state index in [1.807, 2.05) is 42.5 Å². The zero-order chi connectivity index (χ0) is 21.2. The number of anilines is 1. The van der Waals surface area contributed by atoms with E-state index in [2.05, 4.69) is 5.32 Å². The Morgan fingerprint density at radius 3 is 2.41 bits per heavy atom. The van der Waals surface area contributed by atoms with E-state index in [1.54, 1.807) is 6.07 Å². The van der Waals surface area contributed by atoms with Crippen LogP contribution in [0.1, 0.15) is 12.5 Å². The maximum absolute atomic E-state index is 12.7. The van der Waals surface area contributed by atoms with Crippen LogP contribution < -0.4 is 9.62 Å². The van der Waals surface area contributed by atoms with E-state index in [9.17, 15) is 13.2 Å². The van der Waals surface area contributed by atoms with Gasteiger partial charge in [0.2, 0.25) is 15.9 Å². The van der Waals surface area contributed by atoms with Crippen LogP contribution in [0, 0.1) is 0 Å². The van der Waals surface area contributed by atoms with Crippen LogP contribution in [-0.4, -0.2) is 26.6 Å². The Morgan fingerprint density at radius 1 is 1.03 bits per heavy atom. The maximum atomic E-state index is 12.7. The molecule has 3 aromatic carbocycles. The summed E-state index contributed by atoms with van der Waals surface area (Å²) in [5, 5.41) is 5.48. The molecule has 0 spiro atoms. The van der Waals surface area contributed by atoms with Gasteiger partial charge in [0, 0.05) is 11.6 Å². The molecule has 29 heavy (non-hydrogen) atoms. The summed E-state index contributed by atoms with van der Waals surface area (Å²) in [5.41, 5.74) is 1.07. The SMILES string of the molecule is CC(C(=O)NCc1ccc2ccccc2c1)N(c1cc(Cl)ccc1Cl)S(C)(=O)=O. The Kier molecular flexibility index (Phi) is 6.36. The van der Waals surface area contributed by atoms with E-state index < -0.39 is 22.0 Å². The van der Waals surface area contributed by atoms with Crippen molar-refractivity contribution in [3.63, 3.8) is 0 Å². The Balaban J connectivity index is 1.81. The molecule has 5 nitrogen and oxygen atoms in total. The quantitative estimate of drug-likeness (QED) is 0.595. The summed E-state index contributed by atoms with van der Waals surface area (Å²) in [6, 6.07) is 17.3. The molecule has 1 atom stereocenters. The molecule has 1 unspecified atom stereocenters. The molecule has 3 aromatic rings. The van der Waals surface area contributed by atoms with Gasteiger partial charge in [-0.1, -0.05) is 59.6 Å². The Morgan fingerprint density at radius 2 is 1.72 bits per heavy atom. The number of rotatable bonds is 6. The fourth-order valence-electron chi connectivity index (χ4n) is 3.12. The van der Waals surface area contributed by atoms with E-state index in [1.165, 1.54) is 19.1 Å². The lowest BCUT2D eigenvalue weighted by molar-refractivity contribution is -0.122. The molecular weight excluding hydrogens is 431 g/mol. The topological polar surface area (TPSA) is 66.5 Å². The van der Waals surface area contributed by atoms with Crippen molar-refractivity contribution in [2.75, 3.05) is 10.6 Å². The van der Waals surface area contributed by atoms with Gasteiger partial charge in [-0.25, -0.2) is 8.42 Å². The molecule has 8 heteroatoms. The average Bonchev–Trinajstić information content (AvgIpc) is 2.67. The number of hydrogen-bond acceptors (Lipinski definition) is 3. The van der Waals surface area contributed by atoms with Crippen LogP contribution in [0.2, 0.25) is 10.0 Å². The van der Waals surface area contributed by atoms with Gasteiger partial charge in [0.25, 0.3) is 0 Å². The zero-order valence-electron chi connectivity index (χ0n) is 15.9. The highest BCUT2D eigenvalue weighted by Crippen LogP contribution is 2.32. The van der Waals surface area contributed by atoms with Crippen LogP contribution in [-0.2, 0) is 21.4 Å². The molecule has 0 radical (unpaired) electrons. The van der Waals surface area contributed by atoms with Gasteiger partial charge in [0.05, 0.1) is 17.0 Å². The van der Waals surface area contributed by atoms with E-state index >= 15 is 0 Å². The number of halogens is 2. The van der Waals surface area contributed by atoms with Gasteiger partial charge in [-0.15, -0.1) is 0 Å². The average molecular weight is 451 g/mol. The van der Waals surface area contributed by atoms with Crippen LogP contribution in [0.5, 0.6) is 0 Å². The molecule has 3 rings (SSSR count). The molecule has 0 saturated carbocycles. The summed E-state index contributed by atoms with van der Waals surface area (Å²) >= 11 is 12.2. The summed E-state index contributed by atoms with van der Waals surface area (Å²) in [7, 11) is -3.78. The highest BCUT2D eigenvalue weighted by atomic mass is 35.5. The van der Waals surface area contributed by atoms with Crippen LogP contribution in [0.25, 0.3) is 10.8 Å². The van der Waals surface area contributed by atoms with Crippen molar-refractivity contribution in [1.29, 1.82) is 0 Å². The summed E-state index contributed by atoms with van der Waals surface area (Å²) in [4.78, 5) is 12.7.